The second kappa shape index (κ2) is 5.85. The molecule has 0 atom stereocenters. The lowest BCUT2D eigenvalue weighted by Crippen LogP contribution is -2.46. The van der Waals surface area contributed by atoms with Gasteiger partial charge in [0.1, 0.15) is 5.56 Å². The summed E-state index contributed by atoms with van der Waals surface area (Å²) in [6, 6.07) is 4.02. The number of aromatic carboxylic acids is 1. The van der Waals surface area contributed by atoms with Gasteiger partial charge in [-0.15, -0.1) is 0 Å². The summed E-state index contributed by atoms with van der Waals surface area (Å²) in [5, 5.41) is 21.8. The molecule has 108 valence electrons. The predicted octanol–water partition coefficient (Wildman–Crippen LogP) is 0.867. The molecule has 0 aromatic heterocycles. The first kappa shape index (κ1) is 14.2. The van der Waals surface area contributed by atoms with Crippen LogP contribution < -0.4 is 5.43 Å². The highest BCUT2D eigenvalue weighted by Crippen LogP contribution is 2.23. The number of nitro benzene ring substituents is 1. The maximum absolute atomic E-state index is 11.1. The van der Waals surface area contributed by atoms with Crippen LogP contribution in [-0.2, 0) is 0 Å². The minimum absolute atomic E-state index is 0.311. The molecule has 0 amide bonds. The molecule has 0 bridgehead atoms. The number of likely N-dealkylation sites (N-methyl/N-ethyl adjacent to an activating group) is 1. The number of hydrogen-bond acceptors (Lipinski definition) is 6. The van der Waals surface area contributed by atoms with E-state index in [0.29, 0.717) is 5.69 Å². The fraction of sp³-hybridized carbons (Fsp3) is 0.417. The van der Waals surface area contributed by atoms with Crippen molar-refractivity contribution in [3.8, 4) is 0 Å². The van der Waals surface area contributed by atoms with Gasteiger partial charge in [0.05, 0.1) is 10.6 Å². The van der Waals surface area contributed by atoms with E-state index >= 15 is 0 Å². The van der Waals surface area contributed by atoms with E-state index in [0.717, 1.165) is 26.2 Å². The normalized spacial score (nSPS) is 16.9. The number of carboxylic acids is 1. The molecule has 2 N–H and O–H groups in total. The summed E-state index contributed by atoms with van der Waals surface area (Å²) in [5.74, 6) is -1.31. The highest BCUT2D eigenvalue weighted by atomic mass is 16.6. The monoisotopic (exact) mass is 280 g/mol. The Bertz CT molecular complexity index is 526. The van der Waals surface area contributed by atoms with Gasteiger partial charge in [-0.25, -0.2) is 9.80 Å². The van der Waals surface area contributed by atoms with Crippen molar-refractivity contribution in [2.75, 3.05) is 38.7 Å². The van der Waals surface area contributed by atoms with Crippen molar-refractivity contribution in [3.05, 3.63) is 33.9 Å². The maximum Gasteiger partial charge on any atom is 0.342 e. The number of hydrazine groups is 1. The Balaban J connectivity index is 2.15. The third-order valence-electron chi connectivity index (χ3n) is 3.21. The van der Waals surface area contributed by atoms with E-state index in [1.54, 1.807) is 0 Å². The number of hydrogen-bond donors (Lipinski definition) is 2. The van der Waals surface area contributed by atoms with Crippen LogP contribution in [-0.4, -0.2) is 59.1 Å². The number of benzene rings is 1. The summed E-state index contributed by atoms with van der Waals surface area (Å²) in [7, 11) is 2.03. The molecule has 0 saturated carbocycles. The first-order valence-electron chi connectivity index (χ1n) is 6.19. The number of nitrogens with zero attached hydrogens (tertiary/aromatic N) is 3. The molecule has 1 aromatic rings. The Hall–Kier alpha value is -2.19. The lowest BCUT2D eigenvalue weighted by Gasteiger charge is -2.33. The topological polar surface area (TPSA) is 99.0 Å². The van der Waals surface area contributed by atoms with E-state index in [2.05, 4.69) is 10.3 Å². The number of rotatable bonds is 4. The molecule has 2 rings (SSSR count). The number of piperazine rings is 1. The van der Waals surface area contributed by atoms with Gasteiger partial charge in [0.25, 0.3) is 5.69 Å². The van der Waals surface area contributed by atoms with Crippen molar-refractivity contribution in [1.29, 1.82) is 0 Å². The molecule has 8 nitrogen and oxygen atoms in total. The van der Waals surface area contributed by atoms with Crippen LogP contribution in [0.5, 0.6) is 0 Å². The molecule has 1 fully saturated rings. The van der Waals surface area contributed by atoms with Gasteiger partial charge in [-0.05, 0) is 19.2 Å². The van der Waals surface area contributed by atoms with E-state index in [1.807, 2.05) is 12.1 Å². The smallest absolute Gasteiger partial charge is 0.342 e. The average molecular weight is 280 g/mol. The minimum atomic E-state index is -1.31. The SMILES string of the molecule is CN1CCN(Nc2ccc([N+](=O)[O-])c(C(=O)O)c2)CC1. The zero-order valence-corrected chi connectivity index (χ0v) is 11.1. The largest absolute Gasteiger partial charge is 0.477 e. The molecule has 1 heterocycles. The van der Waals surface area contributed by atoms with E-state index in [-0.39, 0.29) is 5.56 Å². The van der Waals surface area contributed by atoms with Gasteiger partial charge in [0, 0.05) is 32.2 Å². The van der Waals surface area contributed by atoms with Crippen molar-refractivity contribution in [2.24, 2.45) is 0 Å². The first-order chi connectivity index (χ1) is 9.47. The zero-order valence-electron chi connectivity index (χ0n) is 11.1. The molecule has 1 saturated heterocycles. The van der Waals surface area contributed by atoms with Gasteiger partial charge < -0.3 is 15.4 Å². The van der Waals surface area contributed by atoms with E-state index in [9.17, 15) is 14.9 Å². The maximum atomic E-state index is 11.1. The molecule has 0 unspecified atom stereocenters. The summed E-state index contributed by atoms with van der Waals surface area (Å²) < 4.78 is 0. The highest BCUT2D eigenvalue weighted by molar-refractivity contribution is 5.93. The number of anilines is 1. The second-order valence-electron chi connectivity index (χ2n) is 4.70. The molecule has 1 aromatic carbocycles. The number of carbonyl (C=O) groups is 1. The molecule has 0 spiro atoms. The number of nitrogens with one attached hydrogen (secondary N) is 1. The molecule has 20 heavy (non-hydrogen) atoms. The quantitative estimate of drug-likeness (QED) is 0.623. The lowest BCUT2D eigenvalue weighted by atomic mass is 10.1. The highest BCUT2D eigenvalue weighted by Gasteiger charge is 2.21. The minimum Gasteiger partial charge on any atom is -0.477 e. The van der Waals surface area contributed by atoms with Gasteiger partial charge in [-0.1, -0.05) is 0 Å². The Morgan fingerprint density at radius 3 is 2.55 bits per heavy atom. The van der Waals surface area contributed by atoms with Crippen LogP contribution in [0, 0.1) is 10.1 Å². The van der Waals surface area contributed by atoms with Crippen molar-refractivity contribution in [2.45, 2.75) is 0 Å². The summed E-state index contributed by atoms with van der Waals surface area (Å²) >= 11 is 0. The molecule has 8 heteroatoms. The van der Waals surface area contributed by atoms with Gasteiger partial charge in [0.2, 0.25) is 0 Å². The molecule has 1 aliphatic heterocycles. The molecular formula is C12H16N4O4. The second-order valence-corrected chi connectivity index (χ2v) is 4.70. The van der Waals surface area contributed by atoms with Crippen LogP contribution in [0.25, 0.3) is 0 Å². The van der Waals surface area contributed by atoms with Gasteiger partial charge in [0.15, 0.2) is 0 Å². The molecular weight excluding hydrogens is 264 g/mol. The van der Waals surface area contributed by atoms with Crippen molar-refractivity contribution in [1.82, 2.24) is 9.91 Å². The van der Waals surface area contributed by atoms with E-state index in [4.69, 9.17) is 5.11 Å². The van der Waals surface area contributed by atoms with Crippen LogP contribution >= 0.6 is 0 Å². The predicted molar refractivity (Wildman–Crippen MR) is 72.7 cm³/mol. The molecule has 1 aliphatic rings. The summed E-state index contributed by atoms with van der Waals surface area (Å²) in [5.41, 5.74) is 2.91. The first-order valence-corrected chi connectivity index (χ1v) is 6.19. The fourth-order valence-electron chi connectivity index (χ4n) is 2.04. The van der Waals surface area contributed by atoms with Crippen molar-refractivity contribution < 1.29 is 14.8 Å². The fourth-order valence-corrected chi connectivity index (χ4v) is 2.04. The van der Waals surface area contributed by atoms with Gasteiger partial charge in [-0.3, -0.25) is 10.1 Å². The lowest BCUT2D eigenvalue weighted by molar-refractivity contribution is -0.385. The average Bonchev–Trinajstić information content (AvgIpc) is 2.41. The summed E-state index contributed by atoms with van der Waals surface area (Å²) in [6.07, 6.45) is 0. The number of carboxylic acid groups (broad SMARTS) is 1. The summed E-state index contributed by atoms with van der Waals surface area (Å²) in [4.78, 5) is 23.3. The zero-order chi connectivity index (χ0) is 14.7. The Labute approximate surface area is 115 Å². The Morgan fingerprint density at radius 2 is 2.00 bits per heavy atom. The van der Waals surface area contributed by atoms with Crippen LogP contribution in [0.3, 0.4) is 0 Å². The van der Waals surface area contributed by atoms with Crippen LogP contribution in [0.4, 0.5) is 11.4 Å². The van der Waals surface area contributed by atoms with Crippen molar-refractivity contribution >= 4 is 17.3 Å². The van der Waals surface area contributed by atoms with E-state index in [1.165, 1.54) is 18.2 Å². The van der Waals surface area contributed by atoms with Gasteiger partial charge in [-0.2, -0.15) is 0 Å². The van der Waals surface area contributed by atoms with Crippen LogP contribution in [0.15, 0.2) is 18.2 Å². The third kappa shape index (κ3) is 3.22. The van der Waals surface area contributed by atoms with Crippen LogP contribution in [0.2, 0.25) is 0 Å². The van der Waals surface area contributed by atoms with E-state index < -0.39 is 16.6 Å². The Kier molecular flexibility index (Phi) is 4.16. The Morgan fingerprint density at radius 1 is 1.35 bits per heavy atom. The number of nitro groups is 1. The van der Waals surface area contributed by atoms with Crippen LogP contribution in [0.1, 0.15) is 10.4 Å². The standard InChI is InChI=1S/C12H16N4O4/c1-14-4-6-15(7-5-14)13-9-2-3-11(16(19)20)10(8-9)12(17)18/h2-3,8,13H,4-7H2,1H3,(H,17,18). The molecule has 0 radical (unpaired) electrons. The third-order valence-corrected chi connectivity index (χ3v) is 3.21. The van der Waals surface area contributed by atoms with Crippen molar-refractivity contribution in [3.63, 3.8) is 0 Å². The summed E-state index contributed by atoms with van der Waals surface area (Å²) in [6.45, 7) is 3.42. The van der Waals surface area contributed by atoms with Gasteiger partial charge >= 0.3 is 5.97 Å². The molecule has 0 aliphatic carbocycles.